The number of anilines is 1. The molecule has 0 spiro atoms. The zero-order chi connectivity index (χ0) is 7.14. The summed E-state index contributed by atoms with van der Waals surface area (Å²) in [5.74, 6) is 0.584. The maximum absolute atomic E-state index is 8.96. The molecule has 0 atom stereocenters. The van der Waals surface area contributed by atoms with Crippen LogP contribution in [0.4, 0.5) is 5.95 Å². The van der Waals surface area contributed by atoms with Crippen molar-refractivity contribution in [2.45, 2.75) is 0 Å². The molecule has 0 fully saturated rings. The first-order chi connectivity index (χ1) is 4.79. The third-order valence-corrected chi connectivity index (χ3v) is 1.27. The standard InChI is InChI=1S/C4H5N5O/c5-3-6-7-4-8(3)1-2-9(4)10/h1-2,10H,(H2,5,6). The monoisotopic (exact) mass is 139 g/mol. The summed E-state index contributed by atoms with van der Waals surface area (Å²) in [5.41, 5.74) is 5.35. The molecule has 3 N–H and O–H groups in total. The summed E-state index contributed by atoms with van der Waals surface area (Å²) in [6.45, 7) is 0. The van der Waals surface area contributed by atoms with Crippen molar-refractivity contribution >= 4 is 11.7 Å². The molecule has 2 rings (SSSR count). The Labute approximate surface area is 55.5 Å². The third kappa shape index (κ3) is 0.426. The highest BCUT2D eigenvalue weighted by atomic mass is 16.5. The minimum Gasteiger partial charge on any atom is -0.425 e. The van der Waals surface area contributed by atoms with Crippen LogP contribution in [0.5, 0.6) is 0 Å². The summed E-state index contributed by atoms with van der Waals surface area (Å²) in [7, 11) is 0. The van der Waals surface area contributed by atoms with Gasteiger partial charge < -0.3 is 10.9 Å². The Bertz CT molecular complexity index is 324. The molecule has 0 bridgehead atoms. The maximum Gasteiger partial charge on any atom is 0.269 e. The number of nitrogens with two attached hydrogens (primary N) is 1. The Balaban J connectivity index is 2.95. The van der Waals surface area contributed by atoms with Crippen molar-refractivity contribution in [3.8, 4) is 0 Å². The van der Waals surface area contributed by atoms with Crippen LogP contribution in [0.2, 0.25) is 0 Å². The van der Waals surface area contributed by atoms with Gasteiger partial charge in [0.25, 0.3) is 5.78 Å². The van der Waals surface area contributed by atoms with Crippen molar-refractivity contribution in [2.75, 3.05) is 5.73 Å². The van der Waals surface area contributed by atoms with Crippen LogP contribution >= 0.6 is 0 Å². The molecule has 10 heavy (non-hydrogen) atoms. The lowest BCUT2D eigenvalue weighted by molar-refractivity contribution is 0.196. The number of fused-ring (bicyclic) bond motifs is 1. The van der Waals surface area contributed by atoms with E-state index >= 15 is 0 Å². The van der Waals surface area contributed by atoms with Gasteiger partial charge >= 0.3 is 0 Å². The van der Waals surface area contributed by atoms with E-state index in [1.165, 1.54) is 10.6 Å². The van der Waals surface area contributed by atoms with E-state index in [1.807, 2.05) is 0 Å². The highest BCUT2D eigenvalue weighted by Gasteiger charge is 2.03. The van der Waals surface area contributed by atoms with Crippen molar-refractivity contribution in [1.82, 2.24) is 19.3 Å². The molecule has 0 aliphatic rings. The average Bonchev–Trinajstić information content (AvgIpc) is 2.41. The van der Waals surface area contributed by atoms with Crippen LogP contribution in [0.25, 0.3) is 5.78 Å². The third-order valence-electron chi connectivity index (χ3n) is 1.27. The molecule has 2 aromatic rings. The molecule has 0 aromatic carbocycles. The fourth-order valence-corrected chi connectivity index (χ4v) is 0.790. The molecule has 2 heterocycles. The van der Waals surface area contributed by atoms with Gasteiger partial charge in [-0.1, -0.05) is 0 Å². The molecule has 0 saturated heterocycles. The average molecular weight is 139 g/mol. The van der Waals surface area contributed by atoms with Crippen molar-refractivity contribution in [1.29, 1.82) is 0 Å². The minimum absolute atomic E-state index is 0.266. The van der Waals surface area contributed by atoms with Crippen molar-refractivity contribution < 1.29 is 5.21 Å². The predicted octanol–water partition coefficient (Wildman–Crippen LogP) is -0.650. The Morgan fingerprint density at radius 3 is 2.90 bits per heavy atom. The first-order valence-electron chi connectivity index (χ1n) is 2.66. The van der Waals surface area contributed by atoms with Gasteiger partial charge in [-0.25, -0.2) is 0 Å². The minimum atomic E-state index is 0.266. The summed E-state index contributed by atoms with van der Waals surface area (Å²) >= 11 is 0. The van der Waals surface area contributed by atoms with E-state index in [0.29, 0.717) is 5.78 Å². The molecule has 0 unspecified atom stereocenters. The molecule has 0 saturated carbocycles. The Morgan fingerprint density at radius 1 is 1.40 bits per heavy atom. The van der Waals surface area contributed by atoms with Crippen molar-refractivity contribution in [3.05, 3.63) is 12.4 Å². The van der Waals surface area contributed by atoms with Gasteiger partial charge in [-0.2, -0.15) is 4.73 Å². The molecule has 0 aliphatic carbocycles. The van der Waals surface area contributed by atoms with E-state index in [2.05, 4.69) is 10.2 Å². The lowest BCUT2D eigenvalue weighted by Crippen LogP contribution is -1.91. The van der Waals surface area contributed by atoms with Crippen LogP contribution in [-0.2, 0) is 0 Å². The molecule has 6 nitrogen and oxygen atoms in total. The van der Waals surface area contributed by atoms with E-state index in [0.717, 1.165) is 4.73 Å². The second-order valence-corrected chi connectivity index (χ2v) is 1.87. The highest BCUT2D eigenvalue weighted by Crippen LogP contribution is 2.02. The van der Waals surface area contributed by atoms with Gasteiger partial charge in [-0.3, -0.25) is 4.40 Å². The smallest absolute Gasteiger partial charge is 0.269 e. The number of hydrogen-bond donors (Lipinski definition) is 2. The van der Waals surface area contributed by atoms with Crippen LogP contribution in [0.1, 0.15) is 0 Å². The number of rotatable bonds is 0. The van der Waals surface area contributed by atoms with Crippen LogP contribution in [0, 0.1) is 0 Å². The fourth-order valence-electron chi connectivity index (χ4n) is 0.790. The van der Waals surface area contributed by atoms with Gasteiger partial charge in [0, 0.05) is 6.20 Å². The second-order valence-electron chi connectivity index (χ2n) is 1.87. The number of nitrogens with zero attached hydrogens (tertiary/aromatic N) is 4. The number of aromatic nitrogens is 4. The molecule has 0 radical (unpaired) electrons. The molecule has 2 aromatic heterocycles. The van der Waals surface area contributed by atoms with Crippen LogP contribution in [-0.4, -0.2) is 24.5 Å². The summed E-state index contributed by atoms with van der Waals surface area (Å²) in [6, 6.07) is 0. The molecule has 0 aliphatic heterocycles. The van der Waals surface area contributed by atoms with Gasteiger partial charge in [0.1, 0.15) is 0 Å². The number of hydrogen-bond acceptors (Lipinski definition) is 4. The SMILES string of the molecule is Nc1nnc2n(O)ccn12. The molecular formula is C4H5N5O. The summed E-state index contributed by atoms with van der Waals surface area (Å²) < 4.78 is 2.32. The lowest BCUT2D eigenvalue weighted by atomic mass is 10.9. The summed E-state index contributed by atoms with van der Waals surface area (Å²) in [6.07, 6.45) is 3.00. The van der Waals surface area contributed by atoms with Crippen molar-refractivity contribution in [2.24, 2.45) is 0 Å². The zero-order valence-electron chi connectivity index (χ0n) is 4.97. The van der Waals surface area contributed by atoms with Crippen molar-refractivity contribution in [3.63, 3.8) is 0 Å². The Hall–Kier alpha value is -1.72. The van der Waals surface area contributed by atoms with E-state index in [1.54, 1.807) is 6.20 Å². The Kier molecular flexibility index (Phi) is 0.717. The zero-order valence-corrected chi connectivity index (χ0v) is 4.97. The Morgan fingerprint density at radius 2 is 2.20 bits per heavy atom. The summed E-state index contributed by atoms with van der Waals surface area (Å²) in [4.78, 5) is 0. The van der Waals surface area contributed by atoms with Crippen LogP contribution in [0.15, 0.2) is 12.4 Å². The molecule has 6 heteroatoms. The fraction of sp³-hybridized carbons (Fsp3) is 0. The van der Waals surface area contributed by atoms with Gasteiger partial charge in [-0.15, -0.1) is 10.2 Å². The predicted molar refractivity (Wildman–Crippen MR) is 32.6 cm³/mol. The largest absolute Gasteiger partial charge is 0.425 e. The number of imidazole rings is 1. The first-order valence-corrected chi connectivity index (χ1v) is 2.66. The van der Waals surface area contributed by atoms with Crippen LogP contribution < -0.4 is 5.73 Å². The lowest BCUT2D eigenvalue weighted by Gasteiger charge is -1.83. The molecule has 0 amide bonds. The topological polar surface area (TPSA) is 81.4 Å². The summed E-state index contributed by atoms with van der Waals surface area (Å²) in [5, 5.41) is 16.1. The quantitative estimate of drug-likeness (QED) is 0.475. The van der Waals surface area contributed by atoms with Crippen LogP contribution in [0.3, 0.4) is 0 Å². The van der Waals surface area contributed by atoms with Gasteiger partial charge in [0.2, 0.25) is 5.95 Å². The van der Waals surface area contributed by atoms with E-state index in [-0.39, 0.29) is 5.95 Å². The van der Waals surface area contributed by atoms with E-state index in [4.69, 9.17) is 10.9 Å². The maximum atomic E-state index is 8.96. The molecular weight excluding hydrogens is 134 g/mol. The van der Waals surface area contributed by atoms with Gasteiger partial charge in [0.05, 0.1) is 6.20 Å². The van der Waals surface area contributed by atoms with E-state index in [9.17, 15) is 0 Å². The second kappa shape index (κ2) is 1.41. The van der Waals surface area contributed by atoms with Gasteiger partial charge in [0.15, 0.2) is 0 Å². The number of nitrogen functional groups attached to an aromatic ring is 1. The normalized spacial score (nSPS) is 10.8. The highest BCUT2D eigenvalue weighted by molar-refractivity contribution is 5.36. The van der Waals surface area contributed by atoms with E-state index < -0.39 is 0 Å². The first kappa shape index (κ1) is 5.10. The molecule has 52 valence electrons. The van der Waals surface area contributed by atoms with Gasteiger partial charge in [-0.05, 0) is 0 Å².